The van der Waals surface area contributed by atoms with Gasteiger partial charge in [-0.15, -0.1) is 4.83 Å². The van der Waals surface area contributed by atoms with Gasteiger partial charge in [0.25, 0.3) is 10.0 Å². The Labute approximate surface area is 94.1 Å². The van der Waals surface area contributed by atoms with Gasteiger partial charge in [-0.3, -0.25) is 4.21 Å². The van der Waals surface area contributed by atoms with Crippen molar-refractivity contribution in [1.82, 2.24) is 9.66 Å². The summed E-state index contributed by atoms with van der Waals surface area (Å²) in [5.41, 5.74) is 0. The molecule has 1 aromatic rings. The monoisotopic (exact) mass is 269 g/mol. The average Bonchev–Trinajstić information content (AvgIpc) is 2.15. The van der Waals surface area contributed by atoms with E-state index >= 15 is 0 Å². The summed E-state index contributed by atoms with van der Waals surface area (Å²) in [7, 11) is -3.97. The predicted molar refractivity (Wildman–Crippen MR) is 53.8 cm³/mol. The van der Waals surface area contributed by atoms with Crippen molar-refractivity contribution in [3.8, 4) is 0 Å². The number of nitrogens with one attached hydrogen (secondary N) is 2. The molecule has 1 atom stereocenters. The molecule has 1 unspecified atom stereocenters. The maximum absolute atomic E-state index is 11.4. The first kappa shape index (κ1) is 12.6. The van der Waals surface area contributed by atoms with Crippen LogP contribution in [-0.4, -0.2) is 17.2 Å². The molecule has 1 rings (SSSR count). The standard InChI is InChI=1S/C6H7ClN2O4S2/c7-5-3-1-2-4-6(5)15(12,13)9-8-14(10)11/h1-4,8-9H,(H,10,11)/p-1. The molecule has 0 bridgehead atoms. The fraction of sp³-hybridized carbons (Fsp3) is 0. The zero-order valence-corrected chi connectivity index (χ0v) is 9.53. The van der Waals surface area contributed by atoms with Gasteiger partial charge < -0.3 is 4.55 Å². The molecule has 0 aliphatic carbocycles. The fourth-order valence-electron chi connectivity index (χ4n) is 0.807. The van der Waals surface area contributed by atoms with Crippen molar-refractivity contribution in [2.24, 2.45) is 0 Å². The van der Waals surface area contributed by atoms with E-state index in [1.807, 2.05) is 0 Å². The summed E-state index contributed by atoms with van der Waals surface area (Å²) in [4.78, 5) is 2.97. The molecule has 0 fully saturated rings. The van der Waals surface area contributed by atoms with Gasteiger partial charge in [-0.25, -0.2) is 8.42 Å². The van der Waals surface area contributed by atoms with Crippen molar-refractivity contribution in [3.05, 3.63) is 29.3 Å². The lowest BCUT2D eigenvalue weighted by Gasteiger charge is -2.10. The fourth-order valence-corrected chi connectivity index (χ4v) is 2.65. The van der Waals surface area contributed by atoms with Crippen molar-refractivity contribution in [2.45, 2.75) is 4.90 Å². The normalized spacial score (nSPS) is 13.7. The van der Waals surface area contributed by atoms with Gasteiger partial charge in [0.05, 0.1) is 5.02 Å². The van der Waals surface area contributed by atoms with E-state index in [9.17, 15) is 17.2 Å². The van der Waals surface area contributed by atoms with Gasteiger partial charge in [-0.05, 0) is 12.1 Å². The first-order valence-electron chi connectivity index (χ1n) is 3.55. The number of hydrogen-bond acceptors (Lipinski definition) is 4. The highest BCUT2D eigenvalue weighted by Crippen LogP contribution is 2.19. The van der Waals surface area contributed by atoms with Crippen molar-refractivity contribution in [2.75, 3.05) is 0 Å². The molecule has 0 amide bonds. The number of rotatable bonds is 4. The molecule has 15 heavy (non-hydrogen) atoms. The van der Waals surface area contributed by atoms with E-state index in [1.54, 1.807) is 10.9 Å². The van der Waals surface area contributed by atoms with Gasteiger partial charge in [-0.1, -0.05) is 23.7 Å². The summed E-state index contributed by atoms with van der Waals surface area (Å²) in [5.74, 6) is 0. The molecule has 2 N–H and O–H groups in total. The molecule has 1 aromatic carbocycles. The zero-order valence-electron chi connectivity index (χ0n) is 7.14. The van der Waals surface area contributed by atoms with Crippen LogP contribution in [0.1, 0.15) is 0 Å². The van der Waals surface area contributed by atoms with Crippen molar-refractivity contribution < 1.29 is 17.2 Å². The highest BCUT2D eigenvalue weighted by molar-refractivity contribution is 7.90. The third-order valence-corrected chi connectivity index (χ3v) is 3.53. The molecular formula is C6H6ClN2O4S2-. The molecule has 0 aromatic heterocycles. The Kier molecular flexibility index (Phi) is 4.20. The Balaban J connectivity index is 2.97. The van der Waals surface area contributed by atoms with Crippen LogP contribution in [0.5, 0.6) is 0 Å². The van der Waals surface area contributed by atoms with E-state index in [2.05, 4.69) is 0 Å². The summed E-state index contributed by atoms with van der Waals surface area (Å²) in [6, 6.07) is 5.65. The van der Waals surface area contributed by atoms with E-state index in [0.29, 0.717) is 0 Å². The summed E-state index contributed by atoms with van der Waals surface area (Å²) in [6.07, 6.45) is 0. The Morgan fingerprint density at radius 1 is 1.33 bits per heavy atom. The lowest BCUT2D eigenvalue weighted by atomic mass is 10.4. The van der Waals surface area contributed by atoms with Crippen molar-refractivity contribution in [1.29, 1.82) is 0 Å². The van der Waals surface area contributed by atoms with E-state index in [1.165, 1.54) is 23.0 Å². The molecule has 0 heterocycles. The summed E-state index contributed by atoms with van der Waals surface area (Å²) < 4.78 is 43.0. The Bertz CT molecular complexity index is 476. The predicted octanol–water partition coefficient (Wildman–Crippen LogP) is -0.0830. The summed E-state index contributed by atoms with van der Waals surface area (Å²) in [5, 5.41) is 0.00322. The molecule has 0 saturated heterocycles. The molecule has 0 aliphatic rings. The van der Waals surface area contributed by atoms with Crippen LogP contribution in [0.3, 0.4) is 0 Å². The van der Waals surface area contributed by atoms with Crippen LogP contribution in [0, 0.1) is 0 Å². The second-order valence-electron chi connectivity index (χ2n) is 2.37. The van der Waals surface area contributed by atoms with Crippen LogP contribution in [-0.2, 0) is 21.3 Å². The summed E-state index contributed by atoms with van der Waals surface area (Å²) >= 11 is 2.90. The molecule has 0 aliphatic heterocycles. The lowest BCUT2D eigenvalue weighted by Crippen LogP contribution is -2.38. The molecular weight excluding hydrogens is 264 g/mol. The van der Waals surface area contributed by atoms with Gasteiger partial charge in [0.1, 0.15) is 4.90 Å². The lowest BCUT2D eigenvalue weighted by molar-refractivity contribution is 0.514. The molecule has 0 radical (unpaired) electrons. The number of hydrogen-bond donors (Lipinski definition) is 2. The number of halogens is 1. The van der Waals surface area contributed by atoms with E-state index in [0.717, 1.165) is 0 Å². The van der Waals surface area contributed by atoms with Gasteiger partial charge in [-0.2, -0.15) is 4.83 Å². The first-order chi connectivity index (χ1) is 6.93. The first-order valence-corrected chi connectivity index (χ1v) is 6.48. The van der Waals surface area contributed by atoms with E-state index < -0.39 is 21.3 Å². The van der Waals surface area contributed by atoms with Gasteiger partial charge in [0.15, 0.2) is 0 Å². The van der Waals surface area contributed by atoms with Crippen LogP contribution in [0.2, 0.25) is 5.02 Å². The Morgan fingerprint density at radius 2 is 1.93 bits per heavy atom. The van der Waals surface area contributed by atoms with E-state index in [-0.39, 0.29) is 9.92 Å². The molecule has 0 saturated carbocycles. The quantitative estimate of drug-likeness (QED) is 0.590. The molecule has 0 spiro atoms. The van der Waals surface area contributed by atoms with Gasteiger partial charge >= 0.3 is 0 Å². The second-order valence-corrected chi connectivity index (χ2v) is 5.10. The highest BCUT2D eigenvalue weighted by Gasteiger charge is 2.16. The third kappa shape index (κ3) is 3.52. The van der Waals surface area contributed by atoms with E-state index in [4.69, 9.17) is 11.6 Å². The minimum atomic E-state index is -3.97. The van der Waals surface area contributed by atoms with Crippen LogP contribution >= 0.6 is 11.6 Å². The van der Waals surface area contributed by atoms with Crippen molar-refractivity contribution in [3.63, 3.8) is 0 Å². The minimum absolute atomic E-state index is 0.00322. The zero-order chi connectivity index (χ0) is 11.5. The maximum Gasteiger partial charge on any atom is 0.255 e. The van der Waals surface area contributed by atoms with Crippen LogP contribution in [0.25, 0.3) is 0 Å². The Hall–Kier alpha value is -0.510. The van der Waals surface area contributed by atoms with Gasteiger partial charge in [0, 0.05) is 11.3 Å². The second kappa shape index (κ2) is 5.01. The smallest absolute Gasteiger partial charge is 0.255 e. The Morgan fingerprint density at radius 3 is 2.47 bits per heavy atom. The van der Waals surface area contributed by atoms with Crippen molar-refractivity contribution >= 4 is 32.9 Å². The third-order valence-electron chi connectivity index (χ3n) is 1.39. The number of benzene rings is 1. The summed E-state index contributed by atoms with van der Waals surface area (Å²) in [6.45, 7) is 0. The molecule has 6 nitrogen and oxygen atoms in total. The van der Waals surface area contributed by atoms with Crippen LogP contribution < -0.4 is 9.66 Å². The molecule has 84 valence electrons. The maximum atomic E-state index is 11.4. The number of hydrazine groups is 1. The topological polar surface area (TPSA) is 98.3 Å². The highest BCUT2D eigenvalue weighted by atomic mass is 35.5. The van der Waals surface area contributed by atoms with Gasteiger partial charge in [0.2, 0.25) is 0 Å². The van der Waals surface area contributed by atoms with Crippen LogP contribution in [0.15, 0.2) is 29.2 Å². The number of sulfonamides is 1. The average molecular weight is 270 g/mol. The molecule has 9 heteroatoms. The minimum Gasteiger partial charge on any atom is -0.759 e. The largest absolute Gasteiger partial charge is 0.759 e. The van der Waals surface area contributed by atoms with Crippen LogP contribution in [0.4, 0.5) is 0 Å². The SMILES string of the molecule is O=S([O-])NNS(=O)(=O)c1ccccc1Cl.